The normalized spacial score (nSPS) is 15.2. The molecule has 0 fully saturated rings. The van der Waals surface area contributed by atoms with Crippen molar-refractivity contribution in [2.75, 3.05) is 17.2 Å². The lowest BCUT2D eigenvalue weighted by Crippen LogP contribution is -2.30. The van der Waals surface area contributed by atoms with Crippen LogP contribution in [0.3, 0.4) is 0 Å². The van der Waals surface area contributed by atoms with Gasteiger partial charge in [0.15, 0.2) is 6.10 Å². The van der Waals surface area contributed by atoms with E-state index in [0.717, 1.165) is 46.5 Å². The Balaban J connectivity index is 1.43. The molecule has 0 aliphatic heterocycles. The quantitative estimate of drug-likeness (QED) is 0.330. The lowest BCUT2D eigenvalue weighted by molar-refractivity contribution is -0.122. The highest BCUT2D eigenvalue weighted by molar-refractivity contribution is 7.17. The Labute approximate surface area is 227 Å². The van der Waals surface area contributed by atoms with Gasteiger partial charge in [-0.05, 0) is 99.9 Å². The van der Waals surface area contributed by atoms with Crippen LogP contribution >= 0.6 is 11.3 Å². The molecule has 2 atom stereocenters. The Morgan fingerprint density at radius 3 is 2.53 bits per heavy atom. The minimum absolute atomic E-state index is 0.261. The van der Waals surface area contributed by atoms with Crippen molar-refractivity contribution < 1.29 is 23.9 Å². The molecule has 0 bridgehead atoms. The van der Waals surface area contributed by atoms with E-state index in [1.807, 2.05) is 32.0 Å². The summed E-state index contributed by atoms with van der Waals surface area (Å²) in [6, 6.07) is 12.5. The average molecular weight is 535 g/mol. The van der Waals surface area contributed by atoms with Gasteiger partial charge in [-0.2, -0.15) is 0 Å². The van der Waals surface area contributed by atoms with Crippen LogP contribution < -0.4 is 15.4 Å². The van der Waals surface area contributed by atoms with Crippen LogP contribution in [0.2, 0.25) is 0 Å². The number of hydrogen-bond acceptors (Lipinski definition) is 6. The molecular formula is C30H34N2O5S. The molecule has 2 N–H and O–H groups in total. The Bertz CT molecular complexity index is 1350. The highest BCUT2D eigenvalue weighted by Crippen LogP contribution is 2.40. The second kappa shape index (κ2) is 11.8. The SMILES string of the molecule is CCOC(=O)c1c(NC(=O)c2ccc(O[C@H](C)C(=O)Nc3cc(C)ccc3C)cc2)sc2c1CC[C@@H](C)C2. The number of nitrogens with one attached hydrogen (secondary N) is 2. The predicted molar refractivity (Wildman–Crippen MR) is 150 cm³/mol. The Kier molecular flexibility index (Phi) is 8.52. The van der Waals surface area contributed by atoms with E-state index >= 15 is 0 Å². The molecule has 2 aromatic carbocycles. The number of carbonyl (C=O) groups excluding carboxylic acids is 3. The zero-order valence-corrected chi connectivity index (χ0v) is 23.3. The van der Waals surface area contributed by atoms with Gasteiger partial charge in [-0.1, -0.05) is 19.1 Å². The van der Waals surface area contributed by atoms with Crippen molar-refractivity contribution in [1.82, 2.24) is 0 Å². The first-order valence-corrected chi connectivity index (χ1v) is 13.8. The molecule has 1 aliphatic carbocycles. The van der Waals surface area contributed by atoms with E-state index in [1.54, 1.807) is 38.1 Å². The molecule has 0 unspecified atom stereocenters. The molecule has 38 heavy (non-hydrogen) atoms. The number of carbonyl (C=O) groups is 3. The summed E-state index contributed by atoms with van der Waals surface area (Å²) in [5, 5.41) is 6.37. The molecule has 0 spiro atoms. The molecular weight excluding hydrogens is 500 g/mol. The predicted octanol–water partition coefficient (Wildman–Crippen LogP) is 6.32. The molecule has 3 aromatic rings. The molecule has 1 heterocycles. The van der Waals surface area contributed by atoms with Crippen LogP contribution in [0.5, 0.6) is 5.75 Å². The van der Waals surface area contributed by atoms with Gasteiger partial charge in [-0.15, -0.1) is 11.3 Å². The molecule has 200 valence electrons. The van der Waals surface area contributed by atoms with Crippen molar-refractivity contribution in [2.24, 2.45) is 5.92 Å². The first-order valence-electron chi connectivity index (χ1n) is 12.9. The number of esters is 1. The lowest BCUT2D eigenvalue weighted by atomic mass is 9.88. The number of benzene rings is 2. The fraction of sp³-hybridized carbons (Fsp3) is 0.367. The maximum atomic E-state index is 13.1. The molecule has 7 nitrogen and oxygen atoms in total. The standard InChI is InChI=1S/C30H34N2O5S/c1-6-36-30(35)26-23-14-8-18(3)16-25(23)38-29(26)32-28(34)21-10-12-22(13-11-21)37-20(5)27(33)31-24-15-17(2)7-9-19(24)4/h7,9-13,15,18,20H,6,8,14,16H2,1-5H3,(H,31,33)(H,32,34)/t18-,20-/m1/s1. The van der Waals surface area contributed by atoms with E-state index in [0.29, 0.717) is 27.8 Å². The van der Waals surface area contributed by atoms with Crippen LogP contribution in [-0.2, 0) is 22.4 Å². The van der Waals surface area contributed by atoms with Gasteiger partial charge < -0.3 is 20.1 Å². The summed E-state index contributed by atoms with van der Waals surface area (Å²) in [5.74, 6) is 0.0275. The number of rotatable bonds is 8. The van der Waals surface area contributed by atoms with E-state index in [-0.39, 0.29) is 18.4 Å². The molecule has 1 aromatic heterocycles. The number of thiophene rings is 1. The minimum Gasteiger partial charge on any atom is -0.481 e. The highest BCUT2D eigenvalue weighted by Gasteiger charge is 2.29. The number of hydrogen-bond donors (Lipinski definition) is 2. The number of fused-ring (bicyclic) bond motifs is 1. The van der Waals surface area contributed by atoms with E-state index in [1.165, 1.54) is 11.3 Å². The van der Waals surface area contributed by atoms with Crippen molar-refractivity contribution in [3.8, 4) is 5.75 Å². The molecule has 0 radical (unpaired) electrons. The summed E-state index contributed by atoms with van der Waals surface area (Å²) in [6.45, 7) is 9.83. The van der Waals surface area contributed by atoms with Crippen LogP contribution in [-0.4, -0.2) is 30.5 Å². The van der Waals surface area contributed by atoms with Gasteiger partial charge in [-0.25, -0.2) is 4.79 Å². The summed E-state index contributed by atoms with van der Waals surface area (Å²) in [7, 11) is 0. The first-order chi connectivity index (χ1) is 18.2. The van der Waals surface area contributed by atoms with Crippen LogP contribution in [0.15, 0.2) is 42.5 Å². The van der Waals surface area contributed by atoms with Crippen LogP contribution in [0.1, 0.15) is 69.5 Å². The summed E-state index contributed by atoms with van der Waals surface area (Å²) < 4.78 is 11.1. The van der Waals surface area contributed by atoms with Gasteiger partial charge in [0, 0.05) is 16.1 Å². The second-order valence-electron chi connectivity index (χ2n) is 9.82. The molecule has 2 amide bonds. The maximum Gasteiger partial charge on any atom is 0.341 e. The topological polar surface area (TPSA) is 93.7 Å². The van der Waals surface area contributed by atoms with E-state index in [2.05, 4.69) is 17.6 Å². The smallest absolute Gasteiger partial charge is 0.341 e. The van der Waals surface area contributed by atoms with Gasteiger partial charge in [0.25, 0.3) is 11.8 Å². The third-order valence-electron chi connectivity index (χ3n) is 6.67. The third kappa shape index (κ3) is 6.25. The Morgan fingerprint density at radius 2 is 1.82 bits per heavy atom. The van der Waals surface area contributed by atoms with Gasteiger partial charge in [0.1, 0.15) is 10.8 Å². The minimum atomic E-state index is -0.735. The van der Waals surface area contributed by atoms with Gasteiger partial charge in [0.05, 0.1) is 12.2 Å². The van der Waals surface area contributed by atoms with E-state index < -0.39 is 12.1 Å². The van der Waals surface area contributed by atoms with Crippen molar-refractivity contribution in [1.29, 1.82) is 0 Å². The molecule has 0 saturated carbocycles. The van der Waals surface area contributed by atoms with Crippen molar-refractivity contribution in [3.63, 3.8) is 0 Å². The third-order valence-corrected chi connectivity index (χ3v) is 7.84. The maximum absolute atomic E-state index is 13.1. The number of ether oxygens (including phenoxy) is 2. The number of amides is 2. The number of aryl methyl sites for hydroxylation is 2. The molecule has 4 rings (SSSR count). The zero-order chi connectivity index (χ0) is 27.4. The van der Waals surface area contributed by atoms with Crippen LogP contribution in [0.25, 0.3) is 0 Å². The fourth-order valence-electron chi connectivity index (χ4n) is 4.48. The summed E-state index contributed by atoms with van der Waals surface area (Å²) >= 11 is 1.46. The van der Waals surface area contributed by atoms with Crippen molar-refractivity contribution in [2.45, 2.75) is 60.0 Å². The van der Waals surface area contributed by atoms with Crippen LogP contribution in [0.4, 0.5) is 10.7 Å². The zero-order valence-electron chi connectivity index (χ0n) is 22.5. The summed E-state index contributed by atoms with van der Waals surface area (Å²) in [6.07, 6.45) is 1.97. The molecule has 8 heteroatoms. The number of anilines is 2. The fourth-order valence-corrected chi connectivity index (χ4v) is 5.87. The molecule has 1 aliphatic rings. The van der Waals surface area contributed by atoms with Gasteiger partial charge in [-0.3, -0.25) is 9.59 Å². The largest absolute Gasteiger partial charge is 0.481 e. The first kappa shape index (κ1) is 27.4. The van der Waals surface area contributed by atoms with Gasteiger partial charge in [0.2, 0.25) is 0 Å². The van der Waals surface area contributed by atoms with E-state index in [4.69, 9.17) is 9.47 Å². The van der Waals surface area contributed by atoms with Crippen molar-refractivity contribution >= 4 is 39.8 Å². The van der Waals surface area contributed by atoms with Crippen LogP contribution in [0, 0.1) is 19.8 Å². The summed E-state index contributed by atoms with van der Waals surface area (Å²) in [4.78, 5) is 39.6. The Morgan fingerprint density at radius 1 is 1.08 bits per heavy atom. The van der Waals surface area contributed by atoms with Gasteiger partial charge >= 0.3 is 5.97 Å². The Hall–Kier alpha value is -3.65. The van der Waals surface area contributed by atoms with E-state index in [9.17, 15) is 14.4 Å². The monoisotopic (exact) mass is 534 g/mol. The second-order valence-corrected chi connectivity index (χ2v) is 10.9. The highest BCUT2D eigenvalue weighted by atomic mass is 32.1. The summed E-state index contributed by atoms with van der Waals surface area (Å²) in [5.41, 5.74) is 4.68. The molecule has 0 saturated heterocycles. The lowest BCUT2D eigenvalue weighted by Gasteiger charge is -2.18. The average Bonchev–Trinajstić information content (AvgIpc) is 3.23. The van der Waals surface area contributed by atoms with Crippen molar-refractivity contribution in [3.05, 3.63) is 75.2 Å².